The number of esters is 2. The van der Waals surface area contributed by atoms with E-state index in [1.807, 2.05) is 30.3 Å². The highest BCUT2D eigenvalue weighted by Crippen LogP contribution is 2.39. The van der Waals surface area contributed by atoms with Gasteiger partial charge in [-0.05, 0) is 140 Å². The molecule has 1 aliphatic heterocycles. The Bertz CT molecular complexity index is 2520. The molecule has 0 N–H and O–H groups in total. The summed E-state index contributed by atoms with van der Waals surface area (Å²) in [6.07, 6.45) is 16.2. The number of allylic oxidation sites excluding steroid dienone is 6. The van der Waals surface area contributed by atoms with Crippen molar-refractivity contribution < 1.29 is 19.1 Å². The summed E-state index contributed by atoms with van der Waals surface area (Å²) in [6.45, 7) is 16.6. The fourth-order valence-corrected chi connectivity index (χ4v) is 7.58. The standard InChI is InChI=1S/C54H50N2O4/c1-7-11-50(59-53(57)37(2)3)14-10-12-40-16-26-47(27-17-40)56(49-32-22-43(23-33-49)44-24-34-51(35-25-44)60-54(58)38(4)5)48-30-20-42(21-31-48)41-18-28-46(29-19-41)55-39(6)36-45-13-8-9-15-52(45)55/h7-11,13-32,34-35,39,49H,1-2,4,12,33,36H2,3,5-6H3/b14-10-,50-11+/t39?,49-/m1/s1. The summed E-state index contributed by atoms with van der Waals surface area (Å²) in [6, 6.07) is 43.0. The van der Waals surface area contributed by atoms with Gasteiger partial charge >= 0.3 is 11.9 Å². The topological polar surface area (TPSA) is 59.1 Å². The predicted molar refractivity (Wildman–Crippen MR) is 247 cm³/mol. The molecular formula is C54H50N2O4. The summed E-state index contributed by atoms with van der Waals surface area (Å²) in [5, 5.41) is 0. The zero-order valence-electron chi connectivity index (χ0n) is 34.5. The zero-order valence-corrected chi connectivity index (χ0v) is 34.5. The van der Waals surface area contributed by atoms with Gasteiger partial charge < -0.3 is 19.3 Å². The van der Waals surface area contributed by atoms with Crippen molar-refractivity contribution in [3.05, 3.63) is 217 Å². The SMILES string of the molecule is C=C/C=C(\C=C/Cc1ccc(N(c2ccc(-c3ccc(N4c5ccccc5CC4C)cc3)cc2)[C@@H]2C=CC(c3ccc(OC(=O)C(=C)C)cc3)=CC2)cc1)OC(=O)C(=C)C. The van der Waals surface area contributed by atoms with Gasteiger partial charge in [-0.2, -0.15) is 0 Å². The van der Waals surface area contributed by atoms with Crippen molar-refractivity contribution in [3.63, 3.8) is 0 Å². The van der Waals surface area contributed by atoms with E-state index < -0.39 is 11.9 Å². The Morgan fingerprint density at radius 1 is 0.783 bits per heavy atom. The van der Waals surface area contributed by atoms with Gasteiger partial charge in [-0.3, -0.25) is 0 Å². The Hall–Kier alpha value is -7.18. The molecule has 5 aromatic carbocycles. The number of carbonyl (C=O) groups is 2. The molecule has 300 valence electrons. The largest absolute Gasteiger partial charge is 0.423 e. The lowest BCUT2D eigenvalue weighted by Gasteiger charge is -2.33. The fraction of sp³-hybridized carbons (Fsp3) is 0.148. The lowest BCUT2D eigenvalue weighted by Crippen LogP contribution is -2.30. The number of ether oxygens (including phenoxy) is 2. The number of rotatable bonds is 14. The van der Waals surface area contributed by atoms with Gasteiger partial charge in [0.1, 0.15) is 11.5 Å². The molecule has 0 aromatic heterocycles. The summed E-state index contributed by atoms with van der Waals surface area (Å²) in [5.74, 6) is -0.0137. The summed E-state index contributed by atoms with van der Waals surface area (Å²) in [7, 11) is 0. The molecule has 1 unspecified atom stereocenters. The van der Waals surface area contributed by atoms with Crippen molar-refractivity contribution in [2.75, 3.05) is 9.80 Å². The van der Waals surface area contributed by atoms with Gasteiger partial charge in [0, 0.05) is 39.9 Å². The van der Waals surface area contributed by atoms with E-state index in [0.717, 1.165) is 46.5 Å². The van der Waals surface area contributed by atoms with Gasteiger partial charge in [0.15, 0.2) is 0 Å². The Kier molecular flexibility index (Phi) is 12.7. The maximum Gasteiger partial charge on any atom is 0.338 e. The Morgan fingerprint density at radius 2 is 1.40 bits per heavy atom. The van der Waals surface area contributed by atoms with Crippen LogP contribution >= 0.6 is 0 Å². The number of benzene rings is 5. The van der Waals surface area contributed by atoms with Crippen LogP contribution in [0.4, 0.5) is 22.7 Å². The molecule has 5 aromatic rings. The average Bonchev–Trinajstić information content (AvgIpc) is 3.60. The van der Waals surface area contributed by atoms with Crippen molar-refractivity contribution >= 4 is 40.3 Å². The molecule has 0 bridgehead atoms. The first-order valence-electron chi connectivity index (χ1n) is 20.3. The van der Waals surface area contributed by atoms with E-state index in [9.17, 15) is 9.59 Å². The molecule has 6 heteroatoms. The van der Waals surface area contributed by atoms with Gasteiger partial charge in [0.25, 0.3) is 0 Å². The van der Waals surface area contributed by atoms with Crippen LogP contribution in [0.3, 0.4) is 0 Å². The molecular weight excluding hydrogens is 741 g/mol. The average molecular weight is 791 g/mol. The van der Waals surface area contributed by atoms with Crippen molar-refractivity contribution in [2.45, 2.75) is 52.1 Å². The molecule has 6 nitrogen and oxygen atoms in total. The molecule has 60 heavy (non-hydrogen) atoms. The first kappa shape index (κ1) is 41.0. The Morgan fingerprint density at radius 3 is 2.02 bits per heavy atom. The number of hydrogen-bond acceptors (Lipinski definition) is 6. The Labute approximate surface area is 354 Å². The second-order valence-corrected chi connectivity index (χ2v) is 15.3. The summed E-state index contributed by atoms with van der Waals surface area (Å²) < 4.78 is 10.8. The maximum atomic E-state index is 12.1. The van der Waals surface area contributed by atoms with Crippen molar-refractivity contribution in [1.29, 1.82) is 0 Å². The molecule has 1 heterocycles. The van der Waals surface area contributed by atoms with E-state index in [-0.39, 0.29) is 6.04 Å². The number of carbonyl (C=O) groups excluding carboxylic acids is 2. The van der Waals surface area contributed by atoms with E-state index >= 15 is 0 Å². The minimum atomic E-state index is -0.472. The minimum Gasteiger partial charge on any atom is -0.423 e. The molecule has 0 saturated heterocycles. The quantitative estimate of drug-likeness (QED) is 0.0367. The second-order valence-electron chi connectivity index (χ2n) is 15.3. The number of nitrogens with zero attached hydrogens (tertiary/aromatic N) is 2. The monoisotopic (exact) mass is 790 g/mol. The van der Waals surface area contributed by atoms with Crippen LogP contribution in [-0.4, -0.2) is 24.0 Å². The highest BCUT2D eigenvalue weighted by atomic mass is 16.5. The second kappa shape index (κ2) is 18.6. The summed E-state index contributed by atoms with van der Waals surface area (Å²) in [4.78, 5) is 28.9. The number of para-hydroxylation sites is 1. The first-order chi connectivity index (χ1) is 29.1. The van der Waals surface area contributed by atoms with Crippen LogP contribution in [0.2, 0.25) is 0 Å². The Balaban J connectivity index is 1.11. The molecule has 0 radical (unpaired) electrons. The van der Waals surface area contributed by atoms with Crippen LogP contribution in [0.1, 0.15) is 43.9 Å². The highest BCUT2D eigenvalue weighted by molar-refractivity contribution is 5.89. The van der Waals surface area contributed by atoms with E-state index in [1.165, 1.54) is 22.5 Å². The van der Waals surface area contributed by atoms with Crippen LogP contribution in [0.15, 0.2) is 201 Å². The van der Waals surface area contributed by atoms with Gasteiger partial charge in [-0.15, -0.1) is 0 Å². The van der Waals surface area contributed by atoms with Gasteiger partial charge in [-0.25, -0.2) is 9.59 Å². The highest BCUT2D eigenvalue weighted by Gasteiger charge is 2.27. The molecule has 2 atom stereocenters. The summed E-state index contributed by atoms with van der Waals surface area (Å²) in [5.41, 5.74) is 12.3. The molecule has 0 spiro atoms. The van der Waals surface area contributed by atoms with Gasteiger partial charge in [0.05, 0.1) is 6.04 Å². The lowest BCUT2D eigenvalue weighted by molar-refractivity contribution is -0.134. The fourth-order valence-electron chi connectivity index (χ4n) is 7.58. The number of anilines is 4. The molecule has 7 rings (SSSR count). The normalized spacial score (nSPS) is 15.9. The molecule has 0 amide bonds. The minimum absolute atomic E-state index is 0.0559. The predicted octanol–water partition coefficient (Wildman–Crippen LogP) is 12.8. The smallest absolute Gasteiger partial charge is 0.338 e. The van der Waals surface area contributed by atoms with Gasteiger partial charge in [-0.1, -0.05) is 117 Å². The van der Waals surface area contributed by atoms with Crippen molar-refractivity contribution in [2.24, 2.45) is 0 Å². The van der Waals surface area contributed by atoms with E-state index in [0.29, 0.717) is 35.1 Å². The number of fused-ring (bicyclic) bond motifs is 1. The third-order valence-corrected chi connectivity index (χ3v) is 10.7. The van der Waals surface area contributed by atoms with E-state index in [2.05, 4.69) is 152 Å². The van der Waals surface area contributed by atoms with Crippen molar-refractivity contribution in [1.82, 2.24) is 0 Å². The lowest BCUT2D eigenvalue weighted by atomic mass is 9.95. The molecule has 1 aliphatic carbocycles. The van der Waals surface area contributed by atoms with Crippen molar-refractivity contribution in [3.8, 4) is 16.9 Å². The van der Waals surface area contributed by atoms with Crippen LogP contribution in [0.5, 0.6) is 5.75 Å². The first-order valence-corrected chi connectivity index (χ1v) is 20.3. The van der Waals surface area contributed by atoms with Crippen LogP contribution < -0.4 is 14.5 Å². The van der Waals surface area contributed by atoms with Crippen LogP contribution in [0, 0.1) is 0 Å². The zero-order chi connectivity index (χ0) is 42.2. The van der Waals surface area contributed by atoms with E-state index in [4.69, 9.17) is 9.47 Å². The van der Waals surface area contributed by atoms with E-state index in [1.54, 1.807) is 32.1 Å². The van der Waals surface area contributed by atoms with Gasteiger partial charge in [0.2, 0.25) is 0 Å². The van der Waals surface area contributed by atoms with Crippen LogP contribution in [-0.2, 0) is 27.2 Å². The molecule has 2 aliphatic rings. The summed E-state index contributed by atoms with van der Waals surface area (Å²) >= 11 is 0. The third kappa shape index (κ3) is 9.57. The van der Waals surface area contributed by atoms with Crippen LogP contribution in [0.25, 0.3) is 16.7 Å². The third-order valence-electron chi connectivity index (χ3n) is 10.7. The number of hydrogen-bond donors (Lipinski definition) is 0. The molecule has 0 saturated carbocycles. The maximum absolute atomic E-state index is 12.1. The molecule has 0 fully saturated rings.